The second-order valence-electron chi connectivity index (χ2n) is 4.97. The second-order valence-corrected chi connectivity index (χ2v) is 4.97. The summed E-state index contributed by atoms with van der Waals surface area (Å²) < 4.78 is 12.9. The van der Waals surface area contributed by atoms with Crippen LogP contribution in [0.15, 0.2) is 61.2 Å². The third-order valence-corrected chi connectivity index (χ3v) is 3.22. The Morgan fingerprint density at radius 3 is 2.33 bits per heavy atom. The number of hydrogen-bond donors (Lipinski definition) is 2. The molecule has 1 amide bonds. The maximum absolute atomic E-state index is 12.9. The van der Waals surface area contributed by atoms with Gasteiger partial charge in [0.2, 0.25) is 5.95 Å². The number of nitrogens with one attached hydrogen (secondary N) is 2. The minimum Gasteiger partial charge on any atom is -0.348 e. The molecule has 2 heterocycles. The van der Waals surface area contributed by atoms with Crippen LogP contribution in [0.2, 0.25) is 0 Å². The van der Waals surface area contributed by atoms with Gasteiger partial charge in [-0.1, -0.05) is 0 Å². The van der Waals surface area contributed by atoms with Crippen molar-refractivity contribution in [2.75, 3.05) is 5.32 Å². The summed E-state index contributed by atoms with van der Waals surface area (Å²) in [6, 6.07) is 9.48. The summed E-state index contributed by atoms with van der Waals surface area (Å²) in [7, 11) is 0. The molecule has 3 rings (SSSR count). The van der Waals surface area contributed by atoms with Crippen LogP contribution in [0.1, 0.15) is 15.9 Å². The van der Waals surface area contributed by atoms with Crippen molar-refractivity contribution < 1.29 is 9.18 Å². The highest BCUT2D eigenvalue weighted by atomic mass is 19.1. The normalized spacial score (nSPS) is 10.2. The molecule has 0 saturated carbocycles. The molecule has 2 N–H and O–H groups in total. The lowest BCUT2D eigenvalue weighted by atomic mass is 10.2. The number of amides is 1. The number of aromatic nitrogens is 3. The first-order chi connectivity index (χ1) is 11.7. The van der Waals surface area contributed by atoms with E-state index in [1.807, 2.05) is 12.1 Å². The van der Waals surface area contributed by atoms with E-state index in [-0.39, 0.29) is 11.7 Å². The van der Waals surface area contributed by atoms with Gasteiger partial charge in [-0.05, 0) is 42.0 Å². The number of carbonyl (C=O) groups is 1. The lowest BCUT2D eigenvalue weighted by Gasteiger charge is -2.07. The topological polar surface area (TPSA) is 79.8 Å². The Balaban J connectivity index is 1.59. The van der Waals surface area contributed by atoms with Crippen LogP contribution in [0.5, 0.6) is 0 Å². The number of anilines is 2. The Morgan fingerprint density at radius 1 is 1.00 bits per heavy atom. The van der Waals surface area contributed by atoms with Gasteiger partial charge in [0.25, 0.3) is 5.91 Å². The standard InChI is InChI=1S/C17H14FN5O/c18-14-1-3-15(4-2-14)23-17-21-10-13(11-22-17)16(24)20-9-12-5-7-19-8-6-12/h1-8,10-11H,9H2,(H,20,24)(H,21,22,23). The number of rotatable bonds is 5. The van der Waals surface area contributed by atoms with Crippen LogP contribution in [0.25, 0.3) is 0 Å². The highest BCUT2D eigenvalue weighted by Crippen LogP contribution is 2.13. The van der Waals surface area contributed by atoms with E-state index < -0.39 is 0 Å². The molecule has 0 aliphatic carbocycles. The molecule has 24 heavy (non-hydrogen) atoms. The molecule has 0 aliphatic rings. The van der Waals surface area contributed by atoms with Gasteiger partial charge >= 0.3 is 0 Å². The highest BCUT2D eigenvalue weighted by molar-refractivity contribution is 5.93. The number of carbonyl (C=O) groups excluding carboxylic acids is 1. The predicted octanol–water partition coefficient (Wildman–Crippen LogP) is 2.68. The van der Waals surface area contributed by atoms with Gasteiger partial charge in [-0.25, -0.2) is 14.4 Å². The number of halogens is 1. The van der Waals surface area contributed by atoms with Crippen LogP contribution in [-0.4, -0.2) is 20.9 Å². The summed E-state index contributed by atoms with van der Waals surface area (Å²) in [6.07, 6.45) is 6.20. The van der Waals surface area contributed by atoms with Crippen molar-refractivity contribution in [3.8, 4) is 0 Å². The first-order valence-corrected chi connectivity index (χ1v) is 7.22. The van der Waals surface area contributed by atoms with Gasteiger partial charge in [0.1, 0.15) is 5.82 Å². The fraction of sp³-hybridized carbons (Fsp3) is 0.0588. The van der Waals surface area contributed by atoms with Crippen LogP contribution in [0.3, 0.4) is 0 Å². The van der Waals surface area contributed by atoms with E-state index in [0.717, 1.165) is 5.56 Å². The number of nitrogens with zero attached hydrogens (tertiary/aromatic N) is 3. The molecule has 0 saturated heterocycles. The lowest BCUT2D eigenvalue weighted by Crippen LogP contribution is -2.23. The van der Waals surface area contributed by atoms with Crippen molar-refractivity contribution in [2.24, 2.45) is 0 Å². The van der Waals surface area contributed by atoms with Crippen LogP contribution in [0, 0.1) is 5.82 Å². The Labute approximate surface area is 137 Å². The molecular formula is C17H14FN5O. The fourth-order valence-corrected chi connectivity index (χ4v) is 1.96. The summed E-state index contributed by atoms with van der Waals surface area (Å²) in [6.45, 7) is 0.400. The smallest absolute Gasteiger partial charge is 0.254 e. The molecule has 1 aromatic carbocycles. The molecule has 0 atom stereocenters. The van der Waals surface area contributed by atoms with Crippen LogP contribution in [0.4, 0.5) is 16.0 Å². The van der Waals surface area contributed by atoms with Gasteiger partial charge in [0.05, 0.1) is 5.56 Å². The van der Waals surface area contributed by atoms with Crippen LogP contribution < -0.4 is 10.6 Å². The quantitative estimate of drug-likeness (QED) is 0.754. The Morgan fingerprint density at radius 2 is 1.67 bits per heavy atom. The zero-order valence-electron chi connectivity index (χ0n) is 12.6. The van der Waals surface area contributed by atoms with E-state index in [1.54, 1.807) is 24.5 Å². The van der Waals surface area contributed by atoms with Gasteiger partial charge in [-0.2, -0.15) is 0 Å². The van der Waals surface area contributed by atoms with Gasteiger partial charge in [0, 0.05) is 37.0 Å². The van der Waals surface area contributed by atoms with Crippen molar-refractivity contribution in [1.29, 1.82) is 0 Å². The molecule has 0 fully saturated rings. The predicted molar refractivity (Wildman–Crippen MR) is 87.1 cm³/mol. The molecule has 0 bridgehead atoms. The molecule has 0 aliphatic heterocycles. The van der Waals surface area contributed by atoms with Crippen molar-refractivity contribution in [3.63, 3.8) is 0 Å². The Hall–Kier alpha value is -3.35. The molecule has 120 valence electrons. The van der Waals surface area contributed by atoms with Crippen molar-refractivity contribution in [2.45, 2.75) is 6.54 Å². The summed E-state index contributed by atoms with van der Waals surface area (Å²) in [5.74, 6) is -0.255. The molecule has 0 radical (unpaired) electrons. The third-order valence-electron chi connectivity index (χ3n) is 3.22. The molecule has 0 spiro atoms. The number of pyridine rings is 1. The second kappa shape index (κ2) is 7.28. The number of benzene rings is 1. The highest BCUT2D eigenvalue weighted by Gasteiger charge is 2.07. The molecule has 7 heteroatoms. The molecule has 0 unspecified atom stereocenters. The molecular weight excluding hydrogens is 309 g/mol. The van der Waals surface area contributed by atoms with Crippen molar-refractivity contribution >= 4 is 17.5 Å². The van der Waals surface area contributed by atoms with Crippen LogP contribution in [-0.2, 0) is 6.54 Å². The minimum atomic E-state index is -0.317. The average Bonchev–Trinajstić information content (AvgIpc) is 2.63. The van der Waals surface area contributed by atoms with Gasteiger partial charge in [-0.15, -0.1) is 0 Å². The van der Waals surface area contributed by atoms with Crippen molar-refractivity contribution in [1.82, 2.24) is 20.3 Å². The van der Waals surface area contributed by atoms with E-state index in [2.05, 4.69) is 25.6 Å². The van der Waals surface area contributed by atoms with E-state index >= 15 is 0 Å². The van der Waals surface area contributed by atoms with E-state index in [9.17, 15) is 9.18 Å². The van der Waals surface area contributed by atoms with Crippen LogP contribution >= 0.6 is 0 Å². The maximum Gasteiger partial charge on any atom is 0.254 e. The lowest BCUT2D eigenvalue weighted by molar-refractivity contribution is 0.0950. The molecule has 2 aromatic heterocycles. The van der Waals surface area contributed by atoms with Gasteiger partial charge < -0.3 is 10.6 Å². The largest absolute Gasteiger partial charge is 0.348 e. The van der Waals surface area contributed by atoms with E-state index in [4.69, 9.17) is 0 Å². The zero-order chi connectivity index (χ0) is 16.8. The van der Waals surface area contributed by atoms with Gasteiger partial charge in [0.15, 0.2) is 0 Å². The average molecular weight is 323 g/mol. The SMILES string of the molecule is O=C(NCc1ccncc1)c1cnc(Nc2ccc(F)cc2)nc1. The first-order valence-electron chi connectivity index (χ1n) is 7.22. The maximum atomic E-state index is 12.9. The number of hydrogen-bond acceptors (Lipinski definition) is 5. The molecule has 6 nitrogen and oxygen atoms in total. The summed E-state index contributed by atoms with van der Waals surface area (Å²) >= 11 is 0. The summed E-state index contributed by atoms with van der Waals surface area (Å²) in [5, 5.41) is 5.71. The summed E-state index contributed by atoms with van der Waals surface area (Å²) in [5.41, 5.74) is 1.97. The summed E-state index contributed by atoms with van der Waals surface area (Å²) in [4.78, 5) is 24.1. The van der Waals surface area contributed by atoms with E-state index in [0.29, 0.717) is 23.7 Å². The zero-order valence-corrected chi connectivity index (χ0v) is 12.6. The molecule has 3 aromatic rings. The van der Waals surface area contributed by atoms with E-state index in [1.165, 1.54) is 24.5 Å². The van der Waals surface area contributed by atoms with Gasteiger partial charge in [-0.3, -0.25) is 9.78 Å². The van der Waals surface area contributed by atoms with Crippen molar-refractivity contribution in [3.05, 3.63) is 78.1 Å². The Bertz CT molecular complexity index is 807. The fourth-order valence-electron chi connectivity index (χ4n) is 1.96. The third kappa shape index (κ3) is 4.10. The first kappa shape index (κ1) is 15.5. The Kier molecular flexibility index (Phi) is 4.71. The monoisotopic (exact) mass is 323 g/mol. The minimum absolute atomic E-state index is 0.264.